The summed E-state index contributed by atoms with van der Waals surface area (Å²) in [7, 11) is -18.4. The van der Waals surface area contributed by atoms with Gasteiger partial charge in [-0.25, -0.2) is 4.79 Å². The Kier molecular flexibility index (Phi) is 17.6. The van der Waals surface area contributed by atoms with Crippen LogP contribution in [0.2, 0.25) is 0 Å². The molecule has 0 saturated heterocycles. The first kappa shape index (κ1) is 51.7. The van der Waals surface area contributed by atoms with Crippen LogP contribution in [-0.2, 0) is 85.3 Å². The molecule has 62 heavy (non-hydrogen) atoms. The van der Waals surface area contributed by atoms with E-state index in [1.54, 1.807) is 0 Å². The van der Waals surface area contributed by atoms with E-state index < -0.39 is 127 Å². The fraction of sp³-hybridized carbons (Fsp3) is 0.222. The van der Waals surface area contributed by atoms with Crippen LogP contribution in [0.15, 0.2) is 117 Å². The molecule has 3 amide bonds. The molecule has 0 radical (unpaired) electrons. The standard InChI is InChI=1S/C36H38N4O17S4.Na/c37-29(17-21-1-9-25(10-2-21)58(46,47)48)33(41)38-30(18-22-3-11-26(12-4-22)59(49,50)51)34(42)39-31(19-23-5-13-27(14-6-23)60(52,53)54)35(43)40-32(36(44)45)20-24-7-15-28(16-8-24)61(55,56)57;/h1-16,29-32H,17-20,37H2,(H,38,41)(H,39,42)(H,40,43)(H,44,45)(H,46,47,48)(H,49,50,51)(H,52,53,54)(H,55,56,57);/q;+1. The molecule has 4 aromatic carbocycles. The van der Waals surface area contributed by atoms with Gasteiger partial charge < -0.3 is 26.8 Å². The maximum atomic E-state index is 14.1. The molecule has 0 spiro atoms. The van der Waals surface area contributed by atoms with Crippen molar-refractivity contribution in [1.29, 1.82) is 0 Å². The van der Waals surface area contributed by atoms with Gasteiger partial charge in [0, 0.05) is 19.3 Å². The van der Waals surface area contributed by atoms with Gasteiger partial charge in [-0.05, 0) is 77.2 Å². The van der Waals surface area contributed by atoms with Crippen molar-refractivity contribution in [3.05, 3.63) is 119 Å². The Balaban J connectivity index is 0.0000102. The van der Waals surface area contributed by atoms with E-state index in [9.17, 15) is 76.2 Å². The summed E-state index contributed by atoms with van der Waals surface area (Å²) < 4.78 is 130. The summed E-state index contributed by atoms with van der Waals surface area (Å²) in [5, 5.41) is 17.1. The molecule has 4 rings (SSSR count). The maximum Gasteiger partial charge on any atom is 1.00 e. The number of hydrogen-bond donors (Lipinski definition) is 9. The number of aliphatic carboxylic acids is 1. The van der Waals surface area contributed by atoms with E-state index in [1.165, 1.54) is 48.5 Å². The Morgan fingerprint density at radius 1 is 0.419 bits per heavy atom. The minimum atomic E-state index is -4.64. The zero-order chi connectivity index (χ0) is 45.5. The number of carbonyl (C=O) groups is 4. The van der Waals surface area contributed by atoms with Crippen molar-refractivity contribution < 1.29 is 106 Å². The number of carboxylic acids is 1. The Hall–Kier alpha value is -4.64. The topological polar surface area (TPSA) is 368 Å². The van der Waals surface area contributed by atoms with Gasteiger partial charge in [0.25, 0.3) is 40.5 Å². The molecule has 0 aliphatic rings. The molecule has 0 saturated carbocycles. The van der Waals surface area contributed by atoms with Gasteiger partial charge in [-0.15, -0.1) is 0 Å². The number of nitrogens with one attached hydrogen (secondary N) is 3. The fourth-order valence-corrected chi connectivity index (χ4v) is 7.61. The number of carbonyl (C=O) groups excluding carboxylic acids is 3. The van der Waals surface area contributed by atoms with Gasteiger partial charge in [-0.1, -0.05) is 48.5 Å². The van der Waals surface area contributed by atoms with Crippen molar-refractivity contribution in [1.82, 2.24) is 16.0 Å². The molecular formula is C36H38N4NaO17S4+. The molecule has 0 fully saturated rings. The number of amides is 3. The molecule has 10 N–H and O–H groups in total. The summed E-state index contributed by atoms with van der Waals surface area (Å²) in [6.45, 7) is 0. The van der Waals surface area contributed by atoms with E-state index in [0.29, 0.717) is 5.56 Å². The van der Waals surface area contributed by atoms with Gasteiger partial charge in [0.15, 0.2) is 0 Å². The second kappa shape index (κ2) is 21.2. The van der Waals surface area contributed by atoms with Crippen LogP contribution in [0.5, 0.6) is 0 Å². The summed E-state index contributed by atoms with van der Waals surface area (Å²) in [5.74, 6) is -4.68. The monoisotopic (exact) mass is 949 g/mol. The van der Waals surface area contributed by atoms with Crippen LogP contribution in [0.4, 0.5) is 0 Å². The van der Waals surface area contributed by atoms with Crippen molar-refractivity contribution in [3.8, 4) is 0 Å². The van der Waals surface area contributed by atoms with Crippen LogP contribution >= 0.6 is 0 Å². The summed E-state index contributed by atoms with van der Waals surface area (Å²) >= 11 is 0. The van der Waals surface area contributed by atoms with Gasteiger partial charge >= 0.3 is 35.5 Å². The van der Waals surface area contributed by atoms with Crippen LogP contribution in [0.1, 0.15) is 22.3 Å². The average molecular weight is 950 g/mol. The second-order valence-electron chi connectivity index (χ2n) is 13.4. The maximum absolute atomic E-state index is 14.1. The smallest absolute Gasteiger partial charge is 0.480 e. The van der Waals surface area contributed by atoms with Crippen molar-refractivity contribution in [2.45, 2.75) is 69.4 Å². The zero-order valence-electron chi connectivity index (χ0n) is 32.2. The van der Waals surface area contributed by atoms with Crippen molar-refractivity contribution in [3.63, 3.8) is 0 Å². The molecule has 21 nitrogen and oxygen atoms in total. The van der Waals surface area contributed by atoms with E-state index in [1.807, 2.05) is 0 Å². The third-order valence-electron chi connectivity index (χ3n) is 8.88. The number of carboxylic acid groups (broad SMARTS) is 1. The molecular weight excluding hydrogens is 912 g/mol. The van der Waals surface area contributed by atoms with Gasteiger partial charge in [0.1, 0.15) is 18.1 Å². The van der Waals surface area contributed by atoms with Crippen LogP contribution in [0, 0.1) is 0 Å². The average Bonchev–Trinajstić information content (AvgIpc) is 3.16. The number of nitrogens with two attached hydrogens (primary N) is 1. The predicted molar refractivity (Wildman–Crippen MR) is 211 cm³/mol. The van der Waals surface area contributed by atoms with E-state index in [0.717, 1.165) is 48.5 Å². The molecule has 4 unspecified atom stereocenters. The van der Waals surface area contributed by atoms with E-state index >= 15 is 0 Å². The summed E-state index contributed by atoms with van der Waals surface area (Å²) in [6.07, 6.45) is -1.48. The number of benzene rings is 4. The number of rotatable bonds is 19. The molecule has 0 aromatic heterocycles. The quantitative estimate of drug-likeness (QED) is 0.0330. The van der Waals surface area contributed by atoms with Gasteiger partial charge in [0.05, 0.1) is 25.6 Å². The Labute approximate surface area is 377 Å². The molecule has 0 aliphatic heterocycles. The Morgan fingerprint density at radius 3 is 0.903 bits per heavy atom. The normalized spacial score (nSPS) is 14.0. The van der Waals surface area contributed by atoms with E-state index in [2.05, 4.69) is 16.0 Å². The molecule has 4 atom stereocenters. The molecule has 4 aromatic rings. The zero-order valence-corrected chi connectivity index (χ0v) is 37.5. The molecule has 26 heteroatoms. The third kappa shape index (κ3) is 15.3. The van der Waals surface area contributed by atoms with Crippen LogP contribution in [-0.4, -0.2) is 105 Å². The fourth-order valence-electron chi connectivity index (χ4n) is 5.69. The van der Waals surface area contributed by atoms with Crippen LogP contribution in [0.25, 0.3) is 0 Å². The van der Waals surface area contributed by atoms with Crippen molar-refractivity contribution in [2.24, 2.45) is 5.73 Å². The molecule has 0 heterocycles. The Bertz CT molecular complexity index is 2720. The first-order valence-corrected chi connectivity index (χ1v) is 23.1. The SMILES string of the molecule is NC(Cc1ccc(S(=O)(=O)O)cc1)C(=O)NC(Cc1ccc(S(=O)(=O)O)cc1)C(=O)NC(Cc1ccc(S(=O)(=O)O)cc1)C(=O)NC(Cc1ccc(S(=O)(=O)O)cc1)C(=O)O.[Na+]. The van der Waals surface area contributed by atoms with Gasteiger partial charge in [-0.3, -0.25) is 32.6 Å². The summed E-state index contributed by atoms with van der Waals surface area (Å²) in [4.78, 5) is 51.7. The largest absolute Gasteiger partial charge is 1.00 e. The minimum absolute atomic E-state index is 0. The third-order valence-corrected chi connectivity index (χ3v) is 12.3. The first-order valence-electron chi connectivity index (χ1n) is 17.4. The predicted octanol–water partition coefficient (Wildman–Crippen LogP) is -3.19. The van der Waals surface area contributed by atoms with Gasteiger partial charge in [-0.2, -0.15) is 33.7 Å². The minimum Gasteiger partial charge on any atom is -0.480 e. The molecule has 328 valence electrons. The number of hydrogen-bond acceptors (Lipinski definition) is 13. The van der Waals surface area contributed by atoms with Gasteiger partial charge in [0.2, 0.25) is 17.7 Å². The molecule has 0 bridgehead atoms. The van der Waals surface area contributed by atoms with E-state index in [-0.39, 0.29) is 52.7 Å². The van der Waals surface area contributed by atoms with Crippen molar-refractivity contribution in [2.75, 3.05) is 0 Å². The van der Waals surface area contributed by atoms with Crippen molar-refractivity contribution >= 4 is 64.2 Å². The van der Waals surface area contributed by atoms with Crippen LogP contribution in [0.3, 0.4) is 0 Å². The van der Waals surface area contributed by atoms with Crippen LogP contribution < -0.4 is 51.2 Å². The van der Waals surface area contributed by atoms with E-state index in [4.69, 9.17) is 5.73 Å². The summed E-state index contributed by atoms with van der Waals surface area (Å²) in [6, 6.07) is 11.5. The first-order chi connectivity index (χ1) is 28.2. The summed E-state index contributed by atoms with van der Waals surface area (Å²) in [5.41, 5.74) is 7.07. The Morgan fingerprint density at radius 2 is 0.645 bits per heavy atom. The second-order valence-corrected chi connectivity index (χ2v) is 19.1. The molecule has 0 aliphatic carbocycles.